The van der Waals surface area contributed by atoms with Crippen molar-refractivity contribution in [3.8, 4) is 11.5 Å². The van der Waals surface area contributed by atoms with Gasteiger partial charge in [0, 0.05) is 24.2 Å². The number of rotatable bonds is 3. The van der Waals surface area contributed by atoms with Crippen molar-refractivity contribution in [2.24, 2.45) is 0 Å². The van der Waals surface area contributed by atoms with Crippen LogP contribution in [-0.2, 0) is 6.18 Å². The van der Waals surface area contributed by atoms with Gasteiger partial charge in [-0.05, 0) is 55.3 Å². The standard InChI is InChI=1S/C21H16F5N3O2/c22-16-8-5-13(10-17(16)23)20(30)29-9-1-2-14(11-29)19-28-27-18(31-19)12-3-6-15(7-4-12)21(24,25)26/h3-8,10,14H,1-2,9,11H2. The normalized spacial score (nSPS) is 17.1. The fraction of sp³-hybridized carbons (Fsp3) is 0.286. The second kappa shape index (κ2) is 8.09. The highest BCUT2D eigenvalue weighted by Gasteiger charge is 2.31. The molecule has 1 atom stereocenters. The molecule has 31 heavy (non-hydrogen) atoms. The summed E-state index contributed by atoms with van der Waals surface area (Å²) in [6.45, 7) is 0.681. The Morgan fingerprint density at radius 1 is 1.03 bits per heavy atom. The maximum Gasteiger partial charge on any atom is 0.416 e. The molecule has 162 valence electrons. The molecular formula is C21H16F5N3O2. The summed E-state index contributed by atoms with van der Waals surface area (Å²) in [6.07, 6.45) is -3.14. The lowest BCUT2D eigenvalue weighted by Crippen LogP contribution is -2.39. The Morgan fingerprint density at radius 3 is 2.45 bits per heavy atom. The Hall–Kier alpha value is -3.30. The monoisotopic (exact) mass is 437 g/mol. The number of halogens is 5. The van der Waals surface area contributed by atoms with Gasteiger partial charge in [-0.3, -0.25) is 4.79 Å². The highest BCUT2D eigenvalue weighted by atomic mass is 19.4. The van der Waals surface area contributed by atoms with E-state index in [0.717, 1.165) is 24.3 Å². The van der Waals surface area contributed by atoms with Crippen LogP contribution in [0.4, 0.5) is 22.0 Å². The SMILES string of the molecule is O=C(c1ccc(F)c(F)c1)N1CCCC(c2nnc(-c3ccc(C(F)(F)F)cc3)o2)C1. The molecule has 0 aliphatic carbocycles. The first-order valence-electron chi connectivity index (χ1n) is 9.48. The molecule has 5 nitrogen and oxygen atoms in total. The van der Waals surface area contributed by atoms with Gasteiger partial charge < -0.3 is 9.32 Å². The minimum atomic E-state index is -4.44. The average molecular weight is 437 g/mol. The predicted molar refractivity (Wildman–Crippen MR) is 99.0 cm³/mol. The Morgan fingerprint density at radius 2 is 1.77 bits per heavy atom. The third-order valence-corrected chi connectivity index (χ3v) is 5.12. The number of nitrogens with zero attached hydrogens (tertiary/aromatic N) is 3. The summed E-state index contributed by atoms with van der Waals surface area (Å²) in [4.78, 5) is 14.2. The molecule has 0 bridgehead atoms. The third-order valence-electron chi connectivity index (χ3n) is 5.12. The van der Waals surface area contributed by atoms with E-state index in [2.05, 4.69) is 10.2 Å². The van der Waals surface area contributed by atoms with Gasteiger partial charge in [0.1, 0.15) is 0 Å². The number of carbonyl (C=O) groups excluding carboxylic acids is 1. The van der Waals surface area contributed by atoms with E-state index in [-0.39, 0.29) is 29.8 Å². The van der Waals surface area contributed by atoms with Crippen molar-refractivity contribution in [3.05, 3.63) is 71.1 Å². The van der Waals surface area contributed by atoms with Crippen LogP contribution in [-0.4, -0.2) is 34.1 Å². The third kappa shape index (κ3) is 4.42. The van der Waals surface area contributed by atoms with Crippen molar-refractivity contribution >= 4 is 5.91 Å². The molecule has 1 unspecified atom stereocenters. The van der Waals surface area contributed by atoms with Gasteiger partial charge >= 0.3 is 6.18 Å². The van der Waals surface area contributed by atoms with E-state index < -0.39 is 29.3 Å². The zero-order valence-electron chi connectivity index (χ0n) is 16.0. The number of hydrogen-bond donors (Lipinski definition) is 0. The number of likely N-dealkylation sites (tertiary alicyclic amines) is 1. The lowest BCUT2D eigenvalue weighted by atomic mass is 9.97. The zero-order valence-corrected chi connectivity index (χ0v) is 16.0. The van der Waals surface area contributed by atoms with E-state index in [1.165, 1.54) is 23.1 Å². The molecule has 1 aliphatic heterocycles. The Kier molecular flexibility index (Phi) is 5.47. The van der Waals surface area contributed by atoms with Crippen LogP contribution in [0.3, 0.4) is 0 Å². The van der Waals surface area contributed by atoms with Crippen molar-refractivity contribution in [3.63, 3.8) is 0 Å². The first kappa shape index (κ1) is 21.0. The van der Waals surface area contributed by atoms with Crippen LogP contribution in [0.15, 0.2) is 46.9 Å². The summed E-state index contributed by atoms with van der Waals surface area (Å²) in [5.74, 6) is -2.51. The van der Waals surface area contributed by atoms with E-state index in [9.17, 15) is 26.7 Å². The van der Waals surface area contributed by atoms with E-state index >= 15 is 0 Å². The minimum Gasteiger partial charge on any atom is -0.420 e. The molecule has 2 aromatic carbocycles. The lowest BCUT2D eigenvalue weighted by Gasteiger charge is -2.31. The van der Waals surface area contributed by atoms with Crippen LogP contribution in [0.25, 0.3) is 11.5 Å². The average Bonchev–Trinajstić information content (AvgIpc) is 3.25. The molecule has 3 aromatic rings. The van der Waals surface area contributed by atoms with Crippen LogP contribution in [0, 0.1) is 11.6 Å². The largest absolute Gasteiger partial charge is 0.420 e. The molecule has 0 spiro atoms. The number of benzene rings is 2. The maximum atomic E-state index is 13.5. The number of aromatic nitrogens is 2. The van der Waals surface area contributed by atoms with Gasteiger partial charge in [-0.1, -0.05) is 0 Å². The van der Waals surface area contributed by atoms with Crippen LogP contribution in [0.2, 0.25) is 0 Å². The van der Waals surface area contributed by atoms with Gasteiger partial charge in [0.15, 0.2) is 11.6 Å². The number of alkyl halides is 3. The lowest BCUT2D eigenvalue weighted by molar-refractivity contribution is -0.137. The van der Waals surface area contributed by atoms with Gasteiger partial charge in [0.05, 0.1) is 11.5 Å². The number of amides is 1. The van der Waals surface area contributed by atoms with E-state index in [4.69, 9.17) is 4.42 Å². The Labute approximate surface area is 173 Å². The molecule has 1 aliphatic rings. The molecule has 1 aromatic heterocycles. The first-order valence-corrected chi connectivity index (χ1v) is 9.48. The van der Waals surface area contributed by atoms with Crippen molar-refractivity contribution < 1.29 is 31.2 Å². The number of carbonyl (C=O) groups is 1. The molecule has 1 fully saturated rings. The molecule has 1 amide bonds. The Bertz CT molecular complexity index is 1100. The van der Waals surface area contributed by atoms with Gasteiger partial charge in [0.2, 0.25) is 11.8 Å². The van der Waals surface area contributed by atoms with Crippen LogP contribution in [0.5, 0.6) is 0 Å². The molecular weight excluding hydrogens is 421 g/mol. The molecule has 4 rings (SSSR count). The summed E-state index contributed by atoms with van der Waals surface area (Å²) >= 11 is 0. The van der Waals surface area contributed by atoms with Gasteiger partial charge in [0.25, 0.3) is 5.91 Å². The molecule has 0 radical (unpaired) electrons. The van der Waals surface area contributed by atoms with Gasteiger partial charge in [-0.25, -0.2) is 8.78 Å². The summed E-state index contributed by atoms with van der Waals surface area (Å²) in [6, 6.07) is 7.35. The highest BCUT2D eigenvalue weighted by Crippen LogP contribution is 2.32. The molecule has 2 heterocycles. The summed E-state index contributed by atoms with van der Waals surface area (Å²) in [5, 5.41) is 7.90. The van der Waals surface area contributed by atoms with Crippen LogP contribution >= 0.6 is 0 Å². The molecule has 10 heteroatoms. The number of piperidine rings is 1. The summed E-state index contributed by atoms with van der Waals surface area (Å²) in [7, 11) is 0. The van der Waals surface area contributed by atoms with Crippen molar-refractivity contribution in [2.75, 3.05) is 13.1 Å². The molecule has 0 saturated carbocycles. The van der Waals surface area contributed by atoms with Crippen LogP contribution < -0.4 is 0 Å². The van der Waals surface area contributed by atoms with Gasteiger partial charge in [-0.15, -0.1) is 10.2 Å². The minimum absolute atomic E-state index is 0.0375. The quantitative estimate of drug-likeness (QED) is 0.538. The highest BCUT2D eigenvalue weighted by molar-refractivity contribution is 5.94. The van der Waals surface area contributed by atoms with Crippen molar-refractivity contribution in [1.29, 1.82) is 0 Å². The molecule has 1 saturated heterocycles. The fourth-order valence-corrected chi connectivity index (χ4v) is 3.49. The number of hydrogen-bond acceptors (Lipinski definition) is 4. The van der Waals surface area contributed by atoms with Crippen molar-refractivity contribution in [2.45, 2.75) is 24.9 Å². The van der Waals surface area contributed by atoms with E-state index in [1.54, 1.807) is 0 Å². The molecule has 0 N–H and O–H groups in total. The topological polar surface area (TPSA) is 59.2 Å². The second-order valence-corrected chi connectivity index (χ2v) is 7.24. The van der Waals surface area contributed by atoms with Crippen LogP contribution in [0.1, 0.15) is 40.6 Å². The fourth-order valence-electron chi connectivity index (χ4n) is 3.49. The van der Waals surface area contributed by atoms with Gasteiger partial charge in [-0.2, -0.15) is 13.2 Å². The van der Waals surface area contributed by atoms with E-state index in [0.29, 0.717) is 24.9 Å². The first-order chi connectivity index (χ1) is 14.7. The second-order valence-electron chi connectivity index (χ2n) is 7.24. The Balaban J connectivity index is 1.48. The smallest absolute Gasteiger partial charge is 0.416 e. The van der Waals surface area contributed by atoms with E-state index in [1.807, 2.05) is 0 Å². The maximum absolute atomic E-state index is 13.5. The summed E-state index contributed by atoms with van der Waals surface area (Å²) in [5.41, 5.74) is -0.401. The predicted octanol–water partition coefficient (Wildman–Crippen LogP) is 5.05. The van der Waals surface area contributed by atoms with Crippen molar-refractivity contribution in [1.82, 2.24) is 15.1 Å². The summed E-state index contributed by atoms with van der Waals surface area (Å²) < 4.78 is 70.4. The zero-order chi connectivity index (χ0) is 22.2.